The van der Waals surface area contributed by atoms with Gasteiger partial charge >= 0.3 is 0 Å². The van der Waals surface area contributed by atoms with Crippen LogP contribution in [0.15, 0.2) is 42.7 Å². The summed E-state index contributed by atoms with van der Waals surface area (Å²) in [5.41, 5.74) is 2.96. The fourth-order valence-electron chi connectivity index (χ4n) is 4.51. The molecule has 1 atom stereocenters. The van der Waals surface area contributed by atoms with Gasteiger partial charge in [0, 0.05) is 50.9 Å². The molecule has 0 radical (unpaired) electrons. The number of rotatable bonds is 3. The molecule has 158 valence electrons. The third-order valence-electron chi connectivity index (χ3n) is 6.08. The number of phenols is 1. The second-order valence-electron chi connectivity index (χ2n) is 8.04. The molecule has 2 aromatic heterocycles. The smallest absolute Gasteiger partial charge is 0.225 e. The van der Waals surface area contributed by atoms with Crippen LogP contribution in [-0.4, -0.2) is 57.0 Å². The lowest BCUT2D eigenvalue weighted by molar-refractivity contribution is 0.0961. The number of anilines is 2. The first-order valence-electron chi connectivity index (χ1n) is 10.6. The van der Waals surface area contributed by atoms with E-state index in [9.17, 15) is 9.90 Å². The molecule has 1 fully saturated rings. The first-order chi connectivity index (χ1) is 15.1. The normalized spacial score (nSPS) is 18.7. The summed E-state index contributed by atoms with van der Waals surface area (Å²) in [5.74, 6) is 1.60. The number of aryl methyl sites for hydroxylation is 1. The second kappa shape index (κ2) is 7.94. The van der Waals surface area contributed by atoms with Crippen LogP contribution in [0.5, 0.6) is 5.75 Å². The molecule has 1 N–H and O–H groups in total. The van der Waals surface area contributed by atoms with Crippen LogP contribution in [0.1, 0.15) is 39.6 Å². The van der Waals surface area contributed by atoms with Gasteiger partial charge in [-0.05, 0) is 31.0 Å². The monoisotopic (exact) mass is 416 g/mol. The molecular weight excluding hydrogens is 392 g/mol. The van der Waals surface area contributed by atoms with Crippen molar-refractivity contribution < 1.29 is 9.90 Å². The summed E-state index contributed by atoms with van der Waals surface area (Å²) in [6.07, 6.45) is 4.49. The van der Waals surface area contributed by atoms with Gasteiger partial charge in [-0.25, -0.2) is 19.9 Å². The molecule has 8 heteroatoms. The number of aromatic hydroxyl groups is 1. The van der Waals surface area contributed by atoms with Gasteiger partial charge in [0.05, 0.1) is 17.0 Å². The number of fused-ring (bicyclic) bond motifs is 1. The fraction of sp³-hybridized carbons (Fsp3) is 0.348. The average Bonchev–Trinajstić information content (AvgIpc) is 2.79. The summed E-state index contributed by atoms with van der Waals surface area (Å²) in [7, 11) is 0. The lowest BCUT2D eigenvalue weighted by Crippen LogP contribution is -2.48. The molecule has 5 rings (SSSR count). The van der Waals surface area contributed by atoms with Crippen molar-refractivity contribution in [1.82, 2.24) is 19.9 Å². The van der Waals surface area contributed by atoms with E-state index in [-0.39, 0.29) is 17.5 Å². The van der Waals surface area contributed by atoms with Crippen LogP contribution in [0, 0.1) is 6.92 Å². The molecule has 1 saturated heterocycles. The van der Waals surface area contributed by atoms with Crippen LogP contribution in [0.3, 0.4) is 0 Å². The van der Waals surface area contributed by atoms with Crippen molar-refractivity contribution in [2.45, 2.75) is 25.7 Å². The Morgan fingerprint density at radius 2 is 1.58 bits per heavy atom. The number of Topliss-reactive ketones (excluding diaryl/α,β-unsaturated/α-hetero) is 1. The highest BCUT2D eigenvalue weighted by atomic mass is 16.3. The van der Waals surface area contributed by atoms with Crippen molar-refractivity contribution in [3.63, 3.8) is 0 Å². The van der Waals surface area contributed by atoms with E-state index < -0.39 is 0 Å². The Labute approximate surface area is 180 Å². The van der Waals surface area contributed by atoms with E-state index in [1.165, 1.54) is 0 Å². The van der Waals surface area contributed by atoms with E-state index >= 15 is 0 Å². The van der Waals surface area contributed by atoms with Crippen LogP contribution in [0.25, 0.3) is 0 Å². The Kier molecular flexibility index (Phi) is 4.97. The Morgan fingerprint density at radius 1 is 0.903 bits per heavy atom. The Balaban J connectivity index is 1.38. The van der Waals surface area contributed by atoms with Gasteiger partial charge in [0.25, 0.3) is 0 Å². The predicted octanol–water partition coefficient (Wildman–Crippen LogP) is 2.52. The number of carbonyl (C=O) groups excluding carboxylic acids is 1. The Bertz CT molecular complexity index is 1110. The molecule has 3 aromatic rings. The number of nitrogens with zero attached hydrogens (tertiary/aromatic N) is 6. The van der Waals surface area contributed by atoms with E-state index in [0.717, 1.165) is 49.1 Å². The van der Waals surface area contributed by atoms with Crippen molar-refractivity contribution in [3.05, 3.63) is 65.2 Å². The second-order valence-corrected chi connectivity index (χ2v) is 8.04. The summed E-state index contributed by atoms with van der Waals surface area (Å²) >= 11 is 0. The first kappa shape index (κ1) is 19.4. The van der Waals surface area contributed by atoms with Gasteiger partial charge in [-0.1, -0.05) is 18.2 Å². The fourth-order valence-corrected chi connectivity index (χ4v) is 4.51. The third-order valence-corrected chi connectivity index (χ3v) is 6.08. The number of hydrogen-bond acceptors (Lipinski definition) is 8. The summed E-state index contributed by atoms with van der Waals surface area (Å²) in [6.45, 7) is 4.96. The van der Waals surface area contributed by atoms with E-state index in [2.05, 4.69) is 24.8 Å². The molecule has 1 unspecified atom stereocenters. The van der Waals surface area contributed by atoms with Crippen LogP contribution in [0.2, 0.25) is 0 Å². The molecule has 31 heavy (non-hydrogen) atoms. The number of phenolic OH excluding ortho intramolecular Hbond substituents is 1. The number of carbonyl (C=O) groups is 1. The van der Waals surface area contributed by atoms with Gasteiger partial charge in [0.2, 0.25) is 11.9 Å². The number of hydrogen-bond donors (Lipinski definition) is 1. The van der Waals surface area contributed by atoms with Crippen LogP contribution in [-0.2, 0) is 6.42 Å². The number of benzene rings is 1. The van der Waals surface area contributed by atoms with Crippen molar-refractivity contribution in [2.24, 2.45) is 0 Å². The highest BCUT2D eigenvalue weighted by Gasteiger charge is 2.32. The third kappa shape index (κ3) is 3.69. The molecule has 8 nitrogen and oxygen atoms in total. The number of piperazine rings is 1. The average molecular weight is 416 g/mol. The lowest BCUT2D eigenvalue weighted by atomic mass is 9.81. The van der Waals surface area contributed by atoms with Crippen molar-refractivity contribution in [2.75, 3.05) is 36.0 Å². The molecule has 1 aromatic carbocycles. The maximum absolute atomic E-state index is 12.9. The van der Waals surface area contributed by atoms with Crippen LogP contribution >= 0.6 is 0 Å². The molecule has 3 heterocycles. The highest BCUT2D eigenvalue weighted by molar-refractivity contribution is 5.99. The Hall–Kier alpha value is -3.55. The summed E-state index contributed by atoms with van der Waals surface area (Å²) in [4.78, 5) is 35.3. The van der Waals surface area contributed by atoms with Gasteiger partial charge < -0.3 is 14.9 Å². The number of para-hydroxylation sites is 1. The SMILES string of the molecule is Cc1nc(N2CCN(c3ncccn3)CC2)nc2c1C(=O)CC(c1ccccc1O)C2. The molecule has 2 aliphatic rings. The molecule has 0 bridgehead atoms. The van der Waals surface area contributed by atoms with Crippen LogP contribution < -0.4 is 9.80 Å². The molecule has 1 aliphatic carbocycles. The van der Waals surface area contributed by atoms with E-state index in [0.29, 0.717) is 24.4 Å². The van der Waals surface area contributed by atoms with Gasteiger partial charge in [0.1, 0.15) is 5.75 Å². The molecular formula is C23H24N6O2. The summed E-state index contributed by atoms with van der Waals surface area (Å²) in [5, 5.41) is 10.3. The van der Waals surface area contributed by atoms with Gasteiger partial charge in [-0.3, -0.25) is 4.79 Å². The zero-order valence-electron chi connectivity index (χ0n) is 17.4. The van der Waals surface area contributed by atoms with Gasteiger partial charge in [0.15, 0.2) is 5.78 Å². The molecule has 0 saturated carbocycles. The van der Waals surface area contributed by atoms with Crippen molar-refractivity contribution in [3.8, 4) is 5.75 Å². The topological polar surface area (TPSA) is 95.3 Å². The quantitative estimate of drug-likeness (QED) is 0.696. The van der Waals surface area contributed by atoms with Crippen LogP contribution in [0.4, 0.5) is 11.9 Å². The largest absolute Gasteiger partial charge is 0.508 e. The minimum absolute atomic E-state index is 0.0459. The minimum atomic E-state index is -0.0737. The van der Waals surface area contributed by atoms with Crippen molar-refractivity contribution >= 4 is 17.7 Å². The zero-order chi connectivity index (χ0) is 21.4. The zero-order valence-corrected chi connectivity index (χ0v) is 17.4. The maximum atomic E-state index is 12.9. The molecule has 0 spiro atoms. The lowest BCUT2D eigenvalue weighted by Gasteiger charge is -2.35. The minimum Gasteiger partial charge on any atom is -0.508 e. The number of ketones is 1. The van der Waals surface area contributed by atoms with E-state index in [1.54, 1.807) is 24.5 Å². The Morgan fingerprint density at radius 3 is 2.29 bits per heavy atom. The van der Waals surface area contributed by atoms with E-state index in [1.807, 2.05) is 25.1 Å². The maximum Gasteiger partial charge on any atom is 0.225 e. The highest BCUT2D eigenvalue weighted by Crippen LogP contribution is 2.37. The van der Waals surface area contributed by atoms with Gasteiger partial charge in [-0.2, -0.15) is 0 Å². The predicted molar refractivity (Wildman–Crippen MR) is 117 cm³/mol. The van der Waals surface area contributed by atoms with Crippen molar-refractivity contribution in [1.29, 1.82) is 0 Å². The van der Waals surface area contributed by atoms with E-state index in [4.69, 9.17) is 4.98 Å². The standard InChI is InChI=1S/C23H24N6O2/c1-15-21-18(13-16(14-20(21)31)17-5-2-3-6-19(17)30)27-23(26-15)29-11-9-28(10-12-29)22-24-7-4-8-25-22/h2-8,16,30H,9-14H2,1H3. The first-order valence-corrected chi connectivity index (χ1v) is 10.6. The summed E-state index contributed by atoms with van der Waals surface area (Å²) < 4.78 is 0. The van der Waals surface area contributed by atoms with Gasteiger partial charge in [-0.15, -0.1) is 0 Å². The number of aromatic nitrogens is 4. The molecule has 1 aliphatic heterocycles. The summed E-state index contributed by atoms with van der Waals surface area (Å²) in [6, 6.07) is 9.05. The molecule has 0 amide bonds.